The van der Waals surface area contributed by atoms with Gasteiger partial charge in [-0.25, -0.2) is 13.6 Å². The van der Waals surface area contributed by atoms with Crippen LogP contribution in [0, 0.1) is 0 Å². The molecule has 34 heavy (non-hydrogen) atoms. The first kappa shape index (κ1) is 25.1. The molecule has 0 fully saturated rings. The Kier molecular flexibility index (Phi) is 8.95. The average Bonchev–Trinajstić information content (AvgIpc) is 3.13. The summed E-state index contributed by atoms with van der Waals surface area (Å²) >= 11 is 0. The number of nitrogens with one attached hydrogen (secondary N) is 2. The second-order valence-corrected chi connectivity index (χ2v) is 8.17. The highest BCUT2D eigenvalue weighted by atomic mass is 19.3. The number of hydrogen-bond acceptors (Lipinski definition) is 4. The third-order valence-electron chi connectivity index (χ3n) is 5.74. The van der Waals surface area contributed by atoms with Crippen molar-refractivity contribution in [1.82, 2.24) is 10.6 Å². The van der Waals surface area contributed by atoms with Gasteiger partial charge in [0.1, 0.15) is 12.6 Å². The van der Waals surface area contributed by atoms with E-state index in [2.05, 4.69) is 22.8 Å². The van der Waals surface area contributed by atoms with Crippen molar-refractivity contribution in [1.29, 1.82) is 0 Å². The summed E-state index contributed by atoms with van der Waals surface area (Å²) in [5.41, 5.74) is 4.57. The molecule has 1 aliphatic carbocycles. The topological polar surface area (TPSA) is 105 Å². The van der Waals surface area contributed by atoms with Crippen molar-refractivity contribution in [2.24, 2.45) is 0 Å². The maximum absolute atomic E-state index is 12.8. The zero-order valence-corrected chi connectivity index (χ0v) is 18.6. The third kappa shape index (κ3) is 6.76. The standard InChI is InChI=1S/C25H28F2N2O5/c26-24(27)21(14-23(31)32)29-22(30)12-2-1-7-13-28-25(33)34-15-20-18-10-5-3-8-16(18)17-9-4-6-11-19(17)20/h3-6,8-11,20-21,24H,1-2,7,12-15H2,(H,28,33)(H,29,30)(H,31,32). The van der Waals surface area contributed by atoms with Gasteiger partial charge in [-0.2, -0.15) is 0 Å². The van der Waals surface area contributed by atoms with Gasteiger partial charge in [-0.3, -0.25) is 9.59 Å². The molecule has 2 aromatic rings. The molecular formula is C25H28F2N2O5. The summed E-state index contributed by atoms with van der Waals surface area (Å²) in [6, 6.07) is 14.4. The molecule has 0 saturated heterocycles. The van der Waals surface area contributed by atoms with Crippen LogP contribution in [0.15, 0.2) is 48.5 Å². The molecule has 1 atom stereocenters. The van der Waals surface area contributed by atoms with Gasteiger partial charge in [0, 0.05) is 18.9 Å². The van der Waals surface area contributed by atoms with E-state index >= 15 is 0 Å². The molecule has 0 bridgehead atoms. The Labute approximate surface area is 196 Å². The van der Waals surface area contributed by atoms with Crippen LogP contribution in [0.1, 0.15) is 49.1 Å². The number of carboxylic acids is 1. The van der Waals surface area contributed by atoms with Crippen LogP contribution in [0.5, 0.6) is 0 Å². The fraction of sp³-hybridized carbons (Fsp3) is 0.400. The highest BCUT2D eigenvalue weighted by Gasteiger charge is 2.29. The largest absolute Gasteiger partial charge is 0.481 e. The van der Waals surface area contributed by atoms with E-state index in [-0.39, 0.29) is 18.9 Å². The summed E-state index contributed by atoms with van der Waals surface area (Å²) < 4.78 is 31.0. The van der Waals surface area contributed by atoms with Crippen molar-refractivity contribution in [3.05, 3.63) is 59.7 Å². The Bertz CT molecular complexity index is 969. The maximum atomic E-state index is 12.8. The first-order valence-electron chi connectivity index (χ1n) is 11.2. The molecule has 3 rings (SSSR count). The van der Waals surface area contributed by atoms with E-state index in [1.165, 1.54) is 0 Å². The second-order valence-electron chi connectivity index (χ2n) is 8.17. The van der Waals surface area contributed by atoms with Gasteiger partial charge in [-0.15, -0.1) is 0 Å². The smallest absolute Gasteiger partial charge is 0.407 e. The fourth-order valence-electron chi connectivity index (χ4n) is 4.10. The number of carboxylic acid groups (broad SMARTS) is 1. The summed E-state index contributed by atoms with van der Waals surface area (Å²) in [5.74, 6) is -2.03. The van der Waals surface area contributed by atoms with Gasteiger partial charge in [0.25, 0.3) is 6.43 Å². The van der Waals surface area contributed by atoms with E-state index < -0.39 is 36.9 Å². The van der Waals surface area contributed by atoms with Crippen molar-refractivity contribution in [3.63, 3.8) is 0 Å². The number of benzene rings is 2. The number of unbranched alkanes of at least 4 members (excludes halogenated alkanes) is 2. The van der Waals surface area contributed by atoms with Crippen molar-refractivity contribution < 1.29 is 33.0 Å². The Balaban J connectivity index is 1.33. The molecule has 0 aliphatic heterocycles. The van der Waals surface area contributed by atoms with Crippen LogP contribution in [-0.2, 0) is 14.3 Å². The highest BCUT2D eigenvalue weighted by molar-refractivity contribution is 5.79. The minimum Gasteiger partial charge on any atom is -0.481 e. The number of rotatable bonds is 12. The lowest BCUT2D eigenvalue weighted by Gasteiger charge is -2.16. The molecule has 2 amide bonds. The van der Waals surface area contributed by atoms with Gasteiger partial charge in [-0.1, -0.05) is 55.0 Å². The number of carbonyl (C=O) groups excluding carboxylic acids is 2. The molecule has 1 unspecified atom stereocenters. The first-order chi connectivity index (χ1) is 16.4. The Morgan fingerprint density at radius 2 is 1.56 bits per heavy atom. The van der Waals surface area contributed by atoms with Crippen LogP contribution in [-0.4, -0.2) is 48.7 Å². The molecule has 0 heterocycles. The van der Waals surface area contributed by atoms with Gasteiger partial charge in [0.2, 0.25) is 5.91 Å². The van der Waals surface area contributed by atoms with Crippen LogP contribution < -0.4 is 10.6 Å². The summed E-state index contributed by atoms with van der Waals surface area (Å²) in [6.45, 7) is 0.582. The predicted octanol–water partition coefficient (Wildman–Crippen LogP) is 4.31. The molecule has 3 N–H and O–H groups in total. The zero-order chi connectivity index (χ0) is 24.5. The number of fused-ring (bicyclic) bond motifs is 3. The van der Waals surface area contributed by atoms with E-state index in [1.807, 2.05) is 36.4 Å². The zero-order valence-electron chi connectivity index (χ0n) is 18.6. The van der Waals surface area contributed by atoms with Crippen molar-refractivity contribution in [2.45, 2.75) is 50.5 Å². The molecular weight excluding hydrogens is 446 g/mol. The lowest BCUT2D eigenvalue weighted by molar-refractivity contribution is -0.139. The number of amides is 2. The number of aliphatic carboxylic acids is 1. The quantitative estimate of drug-likeness (QED) is 0.398. The van der Waals surface area contributed by atoms with Crippen molar-refractivity contribution >= 4 is 18.0 Å². The van der Waals surface area contributed by atoms with E-state index in [4.69, 9.17) is 9.84 Å². The number of ether oxygens (including phenoxy) is 1. The van der Waals surface area contributed by atoms with E-state index in [9.17, 15) is 23.2 Å². The monoisotopic (exact) mass is 474 g/mol. The number of hydrogen-bond donors (Lipinski definition) is 3. The first-order valence-corrected chi connectivity index (χ1v) is 11.2. The normalized spacial score (nSPS) is 13.1. The number of alkyl carbamates (subject to hydrolysis) is 1. The maximum Gasteiger partial charge on any atom is 0.407 e. The van der Waals surface area contributed by atoms with Crippen LogP contribution in [0.2, 0.25) is 0 Å². The SMILES string of the molecule is O=C(O)CC(NC(=O)CCCCCNC(=O)OCC1c2ccccc2-c2ccccc21)C(F)F. The summed E-state index contributed by atoms with van der Waals surface area (Å²) in [7, 11) is 0. The summed E-state index contributed by atoms with van der Waals surface area (Å²) in [6.07, 6.45) is -2.67. The summed E-state index contributed by atoms with van der Waals surface area (Å²) in [4.78, 5) is 34.4. The lowest BCUT2D eigenvalue weighted by Crippen LogP contribution is -2.41. The number of halogens is 2. The highest BCUT2D eigenvalue weighted by Crippen LogP contribution is 2.44. The Hall–Kier alpha value is -3.49. The van der Waals surface area contributed by atoms with Gasteiger partial charge < -0.3 is 20.5 Å². The fourth-order valence-corrected chi connectivity index (χ4v) is 4.10. The van der Waals surface area contributed by atoms with Crippen molar-refractivity contribution in [3.8, 4) is 11.1 Å². The van der Waals surface area contributed by atoms with Crippen LogP contribution in [0.25, 0.3) is 11.1 Å². The second kappa shape index (κ2) is 12.1. The molecule has 0 radical (unpaired) electrons. The number of alkyl halides is 2. The van der Waals surface area contributed by atoms with E-state index in [1.54, 1.807) is 0 Å². The van der Waals surface area contributed by atoms with Gasteiger partial charge in [-0.05, 0) is 35.1 Å². The predicted molar refractivity (Wildman–Crippen MR) is 122 cm³/mol. The van der Waals surface area contributed by atoms with Crippen molar-refractivity contribution in [2.75, 3.05) is 13.2 Å². The van der Waals surface area contributed by atoms with Gasteiger partial charge in [0.15, 0.2) is 0 Å². The third-order valence-corrected chi connectivity index (χ3v) is 5.74. The van der Waals surface area contributed by atoms with Crippen LogP contribution in [0.3, 0.4) is 0 Å². The van der Waals surface area contributed by atoms with Crippen LogP contribution >= 0.6 is 0 Å². The van der Waals surface area contributed by atoms with Gasteiger partial charge >= 0.3 is 12.1 Å². The van der Waals surface area contributed by atoms with Gasteiger partial charge in [0.05, 0.1) is 6.42 Å². The minimum absolute atomic E-state index is 0.00772. The molecule has 182 valence electrons. The van der Waals surface area contributed by atoms with E-state index in [0.29, 0.717) is 25.8 Å². The minimum atomic E-state index is -2.94. The Morgan fingerprint density at radius 1 is 0.941 bits per heavy atom. The van der Waals surface area contributed by atoms with Crippen LogP contribution in [0.4, 0.5) is 13.6 Å². The molecule has 0 saturated carbocycles. The molecule has 9 heteroatoms. The molecule has 0 aromatic heterocycles. The lowest BCUT2D eigenvalue weighted by atomic mass is 9.98. The molecule has 0 spiro atoms. The van der Waals surface area contributed by atoms with E-state index in [0.717, 1.165) is 22.3 Å². The summed E-state index contributed by atoms with van der Waals surface area (Å²) in [5, 5.41) is 13.4. The Morgan fingerprint density at radius 3 is 2.15 bits per heavy atom. The molecule has 1 aliphatic rings. The average molecular weight is 475 g/mol. The number of carbonyl (C=O) groups is 3. The molecule has 7 nitrogen and oxygen atoms in total. The molecule has 2 aromatic carbocycles.